The number of rotatable bonds is 7. The zero-order valence-corrected chi connectivity index (χ0v) is 39.1. The van der Waals surface area contributed by atoms with Gasteiger partial charge in [0.2, 0.25) is 0 Å². The predicted molar refractivity (Wildman–Crippen MR) is 298 cm³/mol. The van der Waals surface area contributed by atoms with E-state index in [4.69, 9.17) is 8.83 Å². The number of benzene rings is 11. The lowest BCUT2D eigenvalue weighted by atomic mass is 9.70. The summed E-state index contributed by atoms with van der Waals surface area (Å²) in [4.78, 5) is 2.42. The lowest BCUT2D eigenvalue weighted by molar-refractivity contribution is 0.668. The quantitative estimate of drug-likeness (QED) is 0.160. The Morgan fingerprint density at radius 1 is 0.306 bits per heavy atom. The number of anilines is 3. The molecule has 1 unspecified atom stereocenters. The Kier molecular flexibility index (Phi) is 8.73. The molecule has 72 heavy (non-hydrogen) atoms. The van der Waals surface area contributed by atoms with E-state index in [1.807, 2.05) is 30.3 Å². The van der Waals surface area contributed by atoms with Gasteiger partial charge in [-0.3, -0.25) is 0 Å². The standard InChI is InChI=1S/C69H43NO2/c1-2-43-13-3-4-14-52(43)48-27-35-55-53-15-5-9-19-61(53)69(63(55)41-48)62-20-10-6-16-54(62)56-36-34-51(42-64(56)69)70(49-30-23-44(24-31-49)46-28-37-67-59(39-46)57-17-7-11-21-65(57)71-67)50-32-25-45(26-33-50)47-29-38-68-60(40-47)58-18-8-12-22-66(58)72-68/h2-42H,1H2. The van der Waals surface area contributed by atoms with E-state index in [0.717, 1.165) is 88.8 Å². The molecule has 0 amide bonds. The van der Waals surface area contributed by atoms with Crippen molar-refractivity contribution in [2.75, 3.05) is 4.90 Å². The molecule has 0 fully saturated rings. The number of hydrogen-bond acceptors (Lipinski definition) is 3. The summed E-state index contributed by atoms with van der Waals surface area (Å²) in [6, 6.07) is 88.6. The minimum atomic E-state index is -0.557. The van der Waals surface area contributed by atoms with E-state index in [9.17, 15) is 0 Å². The molecular weight excluding hydrogens is 875 g/mol. The number of fused-ring (bicyclic) bond motifs is 16. The molecule has 13 aromatic rings. The lowest BCUT2D eigenvalue weighted by Gasteiger charge is -2.32. The fourth-order valence-corrected chi connectivity index (χ4v) is 12.2. The molecule has 2 aliphatic rings. The molecule has 0 aliphatic heterocycles. The van der Waals surface area contributed by atoms with Gasteiger partial charge in [0, 0.05) is 38.6 Å². The molecular formula is C69H43NO2. The van der Waals surface area contributed by atoms with Crippen molar-refractivity contribution in [3.8, 4) is 55.6 Å². The van der Waals surface area contributed by atoms with Crippen molar-refractivity contribution in [1.82, 2.24) is 0 Å². The molecule has 0 saturated heterocycles. The summed E-state index contributed by atoms with van der Waals surface area (Å²) >= 11 is 0. The van der Waals surface area contributed by atoms with Gasteiger partial charge < -0.3 is 13.7 Å². The average molecular weight is 918 g/mol. The van der Waals surface area contributed by atoms with Gasteiger partial charge in [-0.2, -0.15) is 0 Å². The van der Waals surface area contributed by atoms with Crippen molar-refractivity contribution in [3.05, 3.63) is 277 Å². The second-order valence-corrected chi connectivity index (χ2v) is 19.2. The molecule has 0 bridgehead atoms. The first-order valence-corrected chi connectivity index (χ1v) is 24.7. The highest BCUT2D eigenvalue weighted by atomic mass is 16.3. The SMILES string of the molecule is C=Cc1ccccc1-c1ccc2c(c1)C1(c3ccccc3-2)c2ccccc2-c2ccc(N(c3ccc(-c4ccc5oc6ccccc6c5c4)cc3)c3ccc(-c4ccc5oc6ccccc6c5c4)cc3)cc21. The maximum absolute atomic E-state index is 6.21. The van der Waals surface area contributed by atoms with E-state index in [2.05, 4.69) is 230 Å². The van der Waals surface area contributed by atoms with Crippen LogP contribution >= 0.6 is 0 Å². The van der Waals surface area contributed by atoms with E-state index in [-0.39, 0.29) is 0 Å². The van der Waals surface area contributed by atoms with Crippen molar-refractivity contribution >= 4 is 67.0 Å². The number of furan rings is 2. The molecule has 1 atom stereocenters. The third kappa shape index (κ3) is 5.85. The molecule has 0 saturated carbocycles. The molecule has 3 heteroatoms. The van der Waals surface area contributed by atoms with Crippen LogP contribution in [0.4, 0.5) is 17.1 Å². The summed E-state index contributed by atoms with van der Waals surface area (Å²) in [5.74, 6) is 0. The highest BCUT2D eigenvalue weighted by Crippen LogP contribution is 2.64. The molecule has 2 aliphatic carbocycles. The Morgan fingerprint density at radius 3 is 1.29 bits per heavy atom. The zero-order valence-electron chi connectivity index (χ0n) is 39.1. The highest BCUT2D eigenvalue weighted by molar-refractivity contribution is 6.07. The smallest absolute Gasteiger partial charge is 0.135 e. The largest absolute Gasteiger partial charge is 0.456 e. The second kappa shape index (κ2) is 15.5. The van der Waals surface area contributed by atoms with E-state index in [1.54, 1.807) is 0 Å². The van der Waals surface area contributed by atoms with Crippen LogP contribution in [0, 0.1) is 0 Å². The van der Waals surface area contributed by atoms with E-state index in [1.165, 1.54) is 55.6 Å². The Labute approximate surface area is 416 Å². The molecule has 336 valence electrons. The topological polar surface area (TPSA) is 29.5 Å². The summed E-state index contributed by atoms with van der Waals surface area (Å²) in [5.41, 5.74) is 24.5. The zero-order chi connectivity index (χ0) is 47.5. The number of nitrogens with zero attached hydrogens (tertiary/aromatic N) is 1. The maximum atomic E-state index is 6.21. The Balaban J connectivity index is 0.910. The summed E-state index contributed by atoms with van der Waals surface area (Å²) in [7, 11) is 0. The van der Waals surface area contributed by atoms with Crippen molar-refractivity contribution < 1.29 is 8.83 Å². The molecule has 0 N–H and O–H groups in total. The van der Waals surface area contributed by atoms with Crippen molar-refractivity contribution in [2.45, 2.75) is 5.41 Å². The van der Waals surface area contributed by atoms with Gasteiger partial charge in [-0.15, -0.1) is 0 Å². The van der Waals surface area contributed by atoms with Gasteiger partial charge in [0.05, 0.1) is 5.41 Å². The Bertz CT molecular complexity index is 4190. The van der Waals surface area contributed by atoms with Crippen LogP contribution in [0.25, 0.3) is 106 Å². The van der Waals surface area contributed by atoms with Gasteiger partial charge in [0.25, 0.3) is 0 Å². The van der Waals surface area contributed by atoms with Gasteiger partial charge in [-0.05, 0) is 162 Å². The first-order valence-electron chi connectivity index (χ1n) is 24.7. The highest BCUT2D eigenvalue weighted by Gasteiger charge is 2.52. The van der Waals surface area contributed by atoms with Crippen molar-refractivity contribution in [1.29, 1.82) is 0 Å². The van der Waals surface area contributed by atoms with Crippen LogP contribution in [0.3, 0.4) is 0 Å². The minimum Gasteiger partial charge on any atom is -0.456 e. The first-order chi connectivity index (χ1) is 35.6. The van der Waals surface area contributed by atoms with Crippen molar-refractivity contribution in [2.24, 2.45) is 0 Å². The van der Waals surface area contributed by atoms with Gasteiger partial charge in [0.1, 0.15) is 22.3 Å². The minimum absolute atomic E-state index is 0.557. The van der Waals surface area contributed by atoms with Gasteiger partial charge in [0.15, 0.2) is 0 Å². The van der Waals surface area contributed by atoms with Crippen LogP contribution in [-0.2, 0) is 5.41 Å². The molecule has 0 radical (unpaired) electrons. The fourth-order valence-electron chi connectivity index (χ4n) is 12.2. The normalized spacial score (nSPS) is 14.2. The van der Waals surface area contributed by atoms with E-state index >= 15 is 0 Å². The van der Waals surface area contributed by atoms with Gasteiger partial charge in [-0.1, -0.05) is 176 Å². The molecule has 3 nitrogen and oxygen atoms in total. The van der Waals surface area contributed by atoms with Crippen molar-refractivity contribution in [3.63, 3.8) is 0 Å². The Hall–Kier alpha value is -9.44. The fraction of sp³-hybridized carbons (Fsp3) is 0.0145. The lowest BCUT2D eigenvalue weighted by Crippen LogP contribution is -2.26. The number of hydrogen-bond donors (Lipinski definition) is 0. The van der Waals surface area contributed by atoms with Crippen LogP contribution in [0.1, 0.15) is 27.8 Å². The number of para-hydroxylation sites is 2. The summed E-state index contributed by atoms with van der Waals surface area (Å²) in [6.07, 6.45) is 1.97. The summed E-state index contributed by atoms with van der Waals surface area (Å²) < 4.78 is 12.4. The van der Waals surface area contributed by atoms with Crippen LogP contribution in [0.2, 0.25) is 0 Å². The molecule has 2 heterocycles. The average Bonchev–Trinajstić information content (AvgIpc) is 4.18. The summed E-state index contributed by atoms with van der Waals surface area (Å²) in [5, 5.41) is 4.49. The van der Waals surface area contributed by atoms with Crippen LogP contribution in [0.15, 0.2) is 258 Å². The van der Waals surface area contributed by atoms with Crippen LogP contribution in [0.5, 0.6) is 0 Å². The second-order valence-electron chi connectivity index (χ2n) is 19.2. The molecule has 11 aromatic carbocycles. The van der Waals surface area contributed by atoms with E-state index in [0.29, 0.717) is 0 Å². The monoisotopic (exact) mass is 917 g/mol. The third-order valence-electron chi connectivity index (χ3n) is 15.5. The van der Waals surface area contributed by atoms with Gasteiger partial charge >= 0.3 is 0 Å². The van der Waals surface area contributed by atoms with Gasteiger partial charge in [-0.25, -0.2) is 0 Å². The van der Waals surface area contributed by atoms with Crippen LogP contribution in [-0.4, -0.2) is 0 Å². The molecule has 1 spiro atoms. The predicted octanol–water partition coefficient (Wildman–Crippen LogP) is 18.9. The molecule has 2 aromatic heterocycles. The first kappa shape index (κ1) is 40.4. The maximum Gasteiger partial charge on any atom is 0.135 e. The van der Waals surface area contributed by atoms with Crippen LogP contribution < -0.4 is 4.90 Å². The third-order valence-corrected chi connectivity index (χ3v) is 15.5. The van der Waals surface area contributed by atoms with E-state index < -0.39 is 5.41 Å². The Morgan fingerprint density at radius 2 is 0.722 bits per heavy atom. The molecule has 15 rings (SSSR count). The summed E-state index contributed by atoms with van der Waals surface area (Å²) in [6.45, 7) is 4.19.